The van der Waals surface area contributed by atoms with Crippen LogP contribution in [0.2, 0.25) is 0 Å². The molecule has 1 aromatic rings. The highest BCUT2D eigenvalue weighted by Crippen LogP contribution is 2.25. The fourth-order valence-corrected chi connectivity index (χ4v) is 3.51. The van der Waals surface area contributed by atoms with Gasteiger partial charge in [-0.1, -0.05) is 20.8 Å². The Labute approximate surface area is 109 Å². The summed E-state index contributed by atoms with van der Waals surface area (Å²) in [6, 6.07) is 2.42. The third-order valence-corrected chi connectivity index (χ3v) is 5.00. The van der Waals surface area contributed by atoms with Gasteiger partial charge in [0.25, 0.3) is 0 Å². The predicted octanol–water partition coefficient (Wildman–Crippen LogP) is 3.91. The van der Waals surface area contributed by atoms with Gasteiger partial charge in [0, 0.05) is 31.3 Å². The molecule has 0 saturated carbocycles. The van der Waals surface area contributed by atoms with E-state index in [0.29, 0.717) is 4.75 Å². The van der Waals surface area contributed by atoms with E-state index >= 15 is 0 Å². The maximum atomic E-state index is 6.09. The van der Waals surface area contributed by atoms with E-state index in [2.05, 4.69) is 48.1 Å². The lowest BCUT2D eigenvalue weighted by atomic mass is 10.2. The van der Waals surface area contributed by atoms with Gasteiger partial charge in [-0.3, -0.25) is 0 Å². The molecule has 0 radical (unpaired) electrons. The Kier molecular flexibility index (Phi) is 5.16. The van der Waals surface area contributed by atoms with Crippen LogP contribution in [-0.4, -0.2) is 16.5 Å². The fourth-order valence-electron chi connectivity index (χ4n) is 1.14. The number of hydrogen-bond donors (Lipinski definition) is 1. The molecule has 0 aliphatic rings. The third-order valence-electron chi connectivity index (χ3n) is 1.82. The molecule has 1 unspecified atom stereocenters. The lowest BCUT2D eigenvalue weighted by Crippen LogP contribution is -2.27. The summed E-state index contributed by atoms with van der Waals surface area (Å²) in [7, 11) is 0. The van der Waals surface area contributed by atoms with Crippen LogP contribution in [0, 0.1) is 0 Å². The van der Waals surface area contributed by atoms with Crippen LogP contribution < -0.4 is 5.73 Å². The highest BCUT2D eigenvalue weighted by atomic mass is 79.9. The van der Waals surface area contributed by atoms with Crippen molar-refractivity contribution in [2.75, 3.05) is 5.75 Å². The van der Waals surface area contributed by atoms with E-state index in [-0.39, 0.29) is 6.04 Å². The maximum absolute atomic E-state index is 6.09. The molecule has 2 N–H and O–H groups in total. The normalized spacial score (nSPS) is 14.2. The minimum atomic E-state index is 0.264. The van der Waals surface area contributed by atoms with Crippen molar-refractivity contribution in [3.05, 3.63) is 20.8 Å². The first-order chi connectivity index (χ1) is 6.87. The molecule has 0 amide bonds. The van der Waals surface area contributed by atoms with E-state index < -0.39 is 0 Å². The summed E-state index contributed by atoms with van der Waals surface area (Å²) in [5, 5.41) is 2.11. The van der Waals surface area contributed by atoms with E-state index in [9.17, 15) is 0 Å². The van der Waals surface area contributed by atoms with Crippen molar-refractivity contribution in [1.82, 2.24) is 0 Å². The van der Waals surface area contributed by atoms with Crippen molar-refractivity contribution in [3.8, 4) is 0 Å². The average Bonchev–Trinajstić information content (AvgIpc) is 2.47. The average molecular weight is 308 g/mol. The van der Waals surface area contributed by atoms with Crippen LogP contribution in [0.15, 0.2) is 15.9 Å². The van der Waals surface area contributed by atoms with E-state index in [4.69, 9.17) is 5.73 Å². The molecule has 1 nitrogen and oxygen atoms in total. The lowest BCUT2D eigenvalue weighted by Gasteiger charge is -2.20. The summed E-state index contributed by atoms with van der Waals surface area (Å²) in [6.07, 6.45) is 0.985. The Morgan fingerprint density at radius 3 is 2.67 bits per heavy atom. The van der Waals surface area contributed by atoms with Gasteiger partial charge in [-0.05, 0) is 28.4 Å². The Morgan fingerprint density at radius 2 is 2.20 bits per heavy atom. The summed E-state index contributed by atoms with van der Waals surface area (Å²) in [6.45, 7) is 6.68. The van der Waals surface area contributed by atoms with Gasteiger partial charge < -0.3 is 5.73 Å². The van der Waals surface area contributed by atoms with Crippen molar-refractivity contribution in [2.45, 2.75) is 38.0 Å². The summed E-state index contributed by atoms with van der Waals surface area (Å²) >= 11 is 7.17. The van der Waals surface area contributed by atoms with Crippen molar-refractivity contribution < 1.29 is 0 Å². The Bertz CT molecular complexity index is 304. The van der Waals surface area contributed by atoms with Crippen LogP contribution in [0.25, 0.3) is 0 Å². The molecule has 1 rings (SSSR count). The molecule has 0 saturated heterocycles. The van der Waals surface area contributed by atoms with E-state index in [0.717, 1.165) is 16.6 Å². The molecular formula is C11H18BrNS2. The lowest BCUT2D eigenvalue weighted by molar-refractivity contribution is 0.740. The summed E-state index contributed by atoms with van der Waals surface area (Å²) in [4.78, 5) is 1.36. The van der Waals surface area contributed by atoms with Crippen LogP contribution in [-0.2, 0) is 6.42 Å². The number of thioether (sulfide) groups is 1. The van der Waals surface area contributed by atoms with Crippen LogP contribution in [0.3, 0.4) is 0 Å². The van der Waals surface area contributed by atoms with Gasteiger partial charge in [0.2, 0.25) is 0 Å². The van der Waals surface area contributed by atoms with Crippen molar-refractivity contribution in [2.24, 2.45) is 5.73 Å². The van der Waals surface area contributed by atoms with E-state index in [1.807, 2.05) is 11.8 Å². The molecule has 0 bridgehead atoms. The van der Waals surface area contributed by atoms with E-state index in [1.54, 1.807) is 11.3 Å². The summed E-state index contributed by atoms with van der Waals surface area (Å²) in [5.74, 6) is 1.03. The van der Waals surface area contributed by atoms with Crippen LogP contribution in [0.1, 0.15) is 25.6 Å². The molecule has 1 aromatic heterocycles. The Morgan fingerprint density at radius 1 is 1.53 bits per heavy atom. The predicted molar refractivity (Wildman–Crippen MR) is 75.9 cm³/mol. The second-order valence-electron chi connectivity index (χ2n) is 4.62. The minimum absolute atomic E-state index is 0.264. The molecule has 0 aromatic carbocycles. The number of rotatable bonds is 4. The summed E-state index contributed by atoms with van der Waals surface area (Å²) < 4.78 is 1.48. The van der Waals surface area contributed by atoms with Crippen molar-refractivity contribution in [3.63, 3.8) is 0 Å². The minimum Gasteiger partial charge on any atom is -0.327 e. The highest BCUT2D eigenvalue weighted by Gasteiger charge is 2.14. The SMILES string of the molecule is CC(C)(C)SCC(N)Cc1cc(Br)cs1. The third kappa shape index (κ3) is 5.95. The number of hydrogen-bond acceptors (Lipinski definition) is 3. The topological polar surface area (TPSA) is 26.0 Å². The van der Waals surface area contributed by atoms with Gasteiger partial charge in [0.1, 0.15) is 0 Å². The monoisotopic (exact) mass is 307 g/mol. The second kappa shape index (κ2) is 5.71. The zero-order valence-corrected chi connectivity index (χ0v) is 12.6. The van der Waals surface area contributed by atoms with Crippen LogP contribution >= 0.6 is 39.0 Å². The Balaban J connectivity index is 2.33. The van der Waals surface area contributed by atoms with Gasteiger partial charge in [-0.15, -0.1) is 11.3 Å². The first-order valence-corrected chi connectivity index (χ1v) is 7.65. The standard InChI is InChI=1S/C11H18BrNS2/c1-11(2,3)15-7-9(13)5-10-4-8(12)6-14-10/h4,6,9H,5,7,13H2,1-3H3. The van der Waals surface area contributed by atoms with Crippen LogP contribution in [0.4, 0.5) is 0 Å². The van der Waals surface area contributed by atoms with Gasteiger partial charge >= 0.3 is 0 Å². The molecule has 15 heavy (non-hydrogen) atoms. The first kappa shape index (κ1) is 13.6. The van der Waals surface area contributed by atoms with Crippen molar-refractivity contribution >= 4 is 39.0 Å². The molecule has 0 aliphatic heterocycles. The molecule has 86 valence electrons. The van der Waals surface area contributed by atoms with E-state index in [1.165, 1.54) is 4.88 Å². The van der Waals surface area contributed by atoms with Gasteiger partial charge in [-0.25, -0.2) is 0 Å². The van der Waals surface area contributed by atoms with Gasteiger partial charge in [0.15, 0.2) is 0 Å². The molecule has 0 spiro atoms. The Hall–Kier alpha value is 0.490. The summed E-state index contributed by atoms with van der Waals surface area (Å²) in [5.41, 5.74) is 6.09. The number of halogens is 1. The molecule has 0 fully saturated rings. The fraction of sp³-hybridized carbons (Fsp3) is 0.636. The quantitative estimate of drug-likeness (QED) is 0.912. The highest BCUT2D eigenvalue weighted by molar-refractivity contribution is 9.10. The molecule has 0 aliphatic carbocycles. The zero-order chi connectivity index (χ0) is 11.5. The molecule has 4 heteroatoms. The molecular weight excluding hydrogens is 290 g/mol. The largest absolute Gasteiger partial charge is 0.327 e. The smallest absolute Gasteiger partial charge is 0.0285 e. The first-order valence-electron chi connectivity index (χ1n) is 4.99. The zero-order valence-electron chi connectivity index (χ0n) is 9.42. The van der Waals surface area contributed by atoms with Crippen LogP contribution in [0.5, 0.6) is 0 Å². The molecule has 1 heterocycles. The molecule has 1 atom stereocenters. The maximum Gasteiger partial charge on any atom is 0.0285 e. The van der Waals surface area contributed by atoms with Gasteiger partial charge in [-0.2, -0.15) is 11.8 Å². The number of nitrogens with two attached hydrogens (primary N) is 1. The van der Waals surface area contributed by atoms with Gasteiger partial charge in [0.05, 0.1) is 0 Å². The van der Waals surface area contributed by atoms with Crippen molar-refractivity contribution in [1.29, 1.82) is 0 Å². The second-order valence-corrected chi connectivity index (χ2v) is 8.38. The number of thiophene rings is 1.